The van der Waals surface area contributed by atoms with Crippen molar-refractivity contribution in [2.45, 2.75) is 13.3 Å². The van der Waals surface area contributed by atoms with Gasteiger partial charge >= 0.3 is 0 Å². The van der Waals surface area contributed by atoms with Crippen LogP contribution in [0.5, 0.6) is 5.75 Å². The summed E-state index contributed by atoms with van der Waals surface area (Å²) < 4.78 is 5.52. The van der Waals surface area contributed by atoms with Gasteiger partial charge < -0.3 is 15.0 Å². The Bertz CT molecular complexity index is 771. The van der Waals surface area contributed by atoms with E-state index in [2.05, 4.69) is 5.32 Å². The minimum absolute atomic E-state index is 0.0548. The third-order valence-corrected chi connectivity index (χ3v) is 3.89. The molecule has 2 aromatic rings. The summed E-state index contributed by atoms with van der Waals surface area (Å²) in [4.78, 5) is 25.3. The first kappa shape index (κ1) is 15.1. The number of carbonyl (C=O) groups is 2. The number of para-hydroxylation sites is 1. The summed E-state index contributed by atoms with van der Waals surface area (Å²) in [5.41, 5.74) is 3.48. The molecular formula is C18H18N2O3. The van der Waals surface area contributed by atoms with Crippen molar-refractivity contribution in [3.8, 4) is 5.75 Å². The zero-order chi connectivity index (χ0) is 16.4. The Morgan fingerprint density at radius 3 is 2.83 bits per heavy atom. The lowest BCUT2D eigenvalue weighted by Crippen LogP contribution is -2.21. The van der Waals surface area contributed by atoms with E-state index in [1.807, 2.05) is 43.3 Å². The summed E-state index contributed by atoms with van der Waals surface area (Å²) in [6.07, 6.45) is 0.370. The number of hydrogen-bond donors (Lipinski definition) is 1. The average molecular weight is 310 g/mol. The highest BCUT2D eigenvalue weighted by Gasteiger charge is 2.24. The van der Waals surface area contributed by atoms with Crippen LogP contribution in [0.4, 0.5) is 11.4 Å². The smallest absolute Gasteiger partial charge is 0.262 e. The Morgan fingerprint density at radius 1 is 1.26 bits per heavy atom. The number of anilines is 2. The molecule has 0 spiro atoms. The molecule has 1 heterocycles. The Morgan fingerprint density at radius 2 is 2.04 bits per heavy atom. The Balaban J connectivity index is 1.62. The van der Waals surface area contributed by atoms with E-state index in [0.29, 0.717) is 17.9 Å². The molecule has 0 radical (unpaired) electrons. The Hall–Kier alpha value is -2.82. The summed E-state index contributed by atoms with van der Waals surface area (Å²) in [5, 5.41) is 2.80. The van der Waals surface area contributed by atoms with E-state index in [-0.39, 0.29) is 18.4 Å². The minimum atomic E-state index is -0.231. The molecule has 5 nitrogen and oxygen atoms in total. The fourth-order valence-corrected chi connectivity index (χ4v) is 2.61. The second kappa shape index (κ2) is 6.12. The van der Waals surface area contributed by atoms with Gasteiger partial charge in [-0.15, -0.1) is 0 Å². The van der Waals surface area contributed by atoms with Gasteiger partial charge in [0.2, 0.25) is 5.91 Å². The number of likely N-dealkylation sites (N-methyl/N-ethyl adjacent to an activating group) is 1. The quantitative estimate of drug-likeness (QED) is 0.944. The fraction of sp³-hybridized carbons (Fsp3) is 0.222. The van der Waals surface area contributed by atoms with Crippen LogP contribution in [-0.4, -0.2) is 25.5 Å². The van der Waals surface area contributed by atoms with Crippen molar-refractivity contribution in [1.82, 2.24) is 0 Å². The van der Waals surface area contributed by atoms with E-state index in [0.717, 1.165) is 16.8 Å². The molecule has 0 aliphatic carbocycles. The van der Waals surface area contributed by atoms with Gasteiger partial charge in [-0.3, -0.25) is 9.59 Å². The van der Waals surface area contributed by atoms with Gasteiger partial charge in [0, 0.05) is 18.4 Å². The molecule has 0 atom stereocenters. The molecule has 0 aromatic heterocycles. The molecule has 2 aromatic carbocycles. The van der Waals surface area contributed by atoms with E-state index in [9.17, 15) is 9.59 Å². The Kier molecular flexibility index (Phi) is 4.02. The van der Waals surface area contributed by atoms with Gasteiger partial charge in [-0.1, -0.05) is 18.2 Å². The van der Waals surface area contributed by atoms with Crippen molar-refractivity contribution in [2.75, 3.05) is 23.9 Å². The monoisotopic (exact) mass is 310 g/mol. The van der Waals surface area contributed by atoms with Crippen LogP contribution in [0.3, 0.4) is 0 Å². The molecule has 0 bridgehead atoms. The topological polar surface area (TPSA) is 58.6 Å². The van der Waals surface area contributed by atoms with Crippen LogP contribution in [0.15, 0.2) is 42.5 Å². The standard InChI is InChI=1S/C18H18N2O3/c1-12-5-3-4-6-16(12)23-11-17(21)19-14-7-8-15-13(9-14)10-18(22)20(15)2/h3-9H,10-11H2,1-2H3,(H,19,21). The van der Waals surface area contributed by atoms with Crippen LogP contribution in [0.1, 0.15) is 11.1 Å². The largest absolute Gasteiger partial charge is 0.483 e. The van der Waals surface area contributed by atoms with Crippen molar-refractivity contribution in [1.29, 1.82) is 0 Å². The number of rotatable bonds is 4. The highest BCUT2D eigenvalue weighted by Crippen LogP contribution is 2.29. The van der Waals surface area contributed by atoms with Crippen LogP contribution in [-0.2, 0) is 16.0 Å². The zero-order valence-electron chi connectivity index (χ0n) is 13.1. The van der Waals surface area contributed by atoms with Crippen LogP contribution < -0.4 is 15.0 Å². The van der Waals surface area contributed by atoms with Crippen LogP contribution >= 0.6 is 0 Å². The van der Waals surface area contributed by atoms with Gasteiger partial charge in [-0.25, -0.2) is 0 Å². The molecule has 5 heteroatoms. The van der Waals surface area contributed by atoms with Gasteiger partial charge in [0.1, 0.15) is 5.75 Å². The van der Waals surface area contributed by atoms with E-state index in [1.165, 1.54) is 0 Å². The number of benzene rings is 2. The van der Waals surface area contributed by atoms with Crippen molar-refractivity contribution >= 4 is 23.2 Å². The highest BCUT2D eigenvalue weighted by atomic mass is 16.5. The summed E-state index contributed by atoms with van der Waals surface area (Å²) >= 11 is 0. The van der Waals surface area contributed by atoms with Crippen LogP contribution in [0.25, 0.3) is 0 Å². The summed E-state index contributed by atoms with van der Waals surface area (Å²) in [6, 6.07) is 13.0. The summed E-state index contributed by atoms with van der Waals surface area (Å²) in [6.45, 7) is 1.88. The predicted octanol–water partition coefficient (Wildman–Crippen LogP) is 2.53. The normalized spacial score (nSPS) is 13.0. The van der Waals surface area contributed by atoms with Gasteiger partial charge in [-0.05, 0) is 42.3 Å². The molecule has 23 heavy (non-hydrogen) atoms. The van der Waals surface area contributed by atoms with Crippen LogP contribution in [0.2, 0.25) is 0 Å². The number of hydrogen-bond acceptors (Lipinski definition) is 3. The molecular weight excluding hydrogens is 292 g/mol. The summed E-state index contributed by atoms with van der Waals surface area (Å²) in [5.74, 6) is 0.529. The minimum Gasteiger partial charge on any atom is -0.483 e. The van der Waals surface area contributed by atoms with E-state index < -0.39 is 0 Å². The van der Waals surface area contributed by atoms with Crippen LogP contribution in [0, 0.1) is 6.92 Å². The Labute approximate surface area is 134 Å². The second-order valence-electron chi connectivity index (χ2n) is 5.58. The molecule has 0 saturated carbocycles. The average Bonchev–Trinajstić information content (AvgIpc) is 2.81. The lowest BCUT2D eigenvalue weighted by Gasteiger charge is -2.12. The highest BCUT2D eigenvalue weighted by molar-refractivity contribution is 6.02. The molecule has 0 fully saturated rings. The van der Waals surface area contributed by atoms with E-state index >= 15 is 0 Å². The number of carbonyl (C=O) groups excluding carboxylic acids is 2. The van der Waals surface area contributed by atoms with Gasteiger partial charge in [0.25, 0.3) is 5.91 Å². The number of nitrogens with one attached hydrogen (secondary N) is 1. The number of amides is 2. The van der Waals surface area contributed by atoms with E-state index in [4.69, 9.17) is 4.74 Å². The lowest BCUT2D eigenvalue weighted by molar-refractivity contribution is -0.118. The fourth-order valence-electron chi connectivity index (χ4n) is 2.61. The third kappa shape index (κ3) is 3.18. The first-order valence-corrected chi connectivity index (χ1v) is 7.42. The third-order valence-electron chi connectivity index (χ3n) is 3.89. The SMILES string of the molecule is Cc1ccccc1OCC(=O)Nc1ccc2c(c1)CC(=O)N2C. The molecule has 0 saturated heterocycles. The molecule has 1 N–H and O–H groups in total. The molecule has 1 aliphatic rings. The maximum Gasteiger partial charge on any atom is 0.262 e. The first-order chi connectivity index (χ1) is 11.0. The second-order valence-corrected chi connectivity index (χ2v) is 5.58. The van der Waals surface area contributed by atoms with Gasteiger partial charge in [0.15, 0.2) is 6.61 Å². The molecule has 2 amide bonds. The number of ether oxygens (including phenoxy) is 1. The van der Waals surface area contributed by atoms with Crippen molar-refractivity contribution in [3.63, 3.8) is 0 Å². The van der Waals surface area contributed by atoms with Crippen molar-refractivity contribution in [3.05, 3.63) is 53.6 Å². The molecule has 1 aliphatic heterocycles. The zero-order valence-corrected chi connectivity index (χ0v) is 13.1. The molecule has 0 unspecified atom stereocenters. The maximum atomic E-state index is 12.0. The van der Waals surface area contributed by atoms with E-state index in [1.54, 1.807) is 18.0 Å². The van der Waals surface area contributed by atoms with Gasteiger partial charge in [-0.2, -0.15) is 0 Å². The number of fused-ring (bicyclic) bond motifs is 1. The molecule has 118 valence electrons. The number of nitrogens with zero attached hydrogens (tertiary/aromatic N) is 1. The summed E-state index contributed by atoms with van der Waals surface area (Å²) in [7, 11) is 1.75. The lowest BCUT2D eigenvalue weighted by atomic mass is 10.1. The van der Waals surface area contributed by atoms with Crippen molar-refractivity contribution in [2.24, 2.45) is 0 Å². The number of aryl methyl sites for hydroxylation is 1. The molecule has 3 rings (SSSR count). The van der Waals surface area contributed by atoms with Crippen molar-refractivity contribution < 1.29 is 14.3 Å². The maximum absolute atomic E-state index is 12.0. The predicted molar refractivity (Wildman–Crippen MR) is 88.9 cm³/mol. The first-order valence-electron chi connectivity index (χ1n) is 7.42. The van der Waals surface area contributed by atoms with Gasteiger partial charge in [0.05, 0.1) is 6.42 Å².